The lowest BCUT2D eigenvalue weighted by Crippen LogP contribution is -2.25. The van der Waals surface area contributed by atoms with Crippen molar-refractivity contribution in [3.8, 4) is 5.75 Å². The van der Waals surface area contributed by atoms with Crippen LogP contribution in [0.5, 0.6) is 5.75 Å². The number of para-hydroxylation sites is 1. The molecule has 0 atom stereocenters. The molecule has 0 unspecified atom stereocenters. The van der Waals surface area contributed by atoms with E-state index in [1.54, 1.807) is 24.3 Å². The molecular formula is C19H19O2P. The first-order chi connectivity index (χ1) is 10.2. The molecule has 0 radical (unpaired) electrons. The fourth-order valence-corrected chi connectivity index (χ4v) is 5.17. The van der Waals surface area contributed by atoms with E-state index in [4.69, 9.17) is 0 Å². The molecule has 0 aliphatic carbocycles. The van der Waals surface area contributed by atoms with E-state index in [2.05, 4.69) is 0 Å². The number of benzene rings is 3. The van der Waals surface area contributed by atoms with Crippen molar-refractivity contribution >= 4 is 23.1 Å². The molecule has 3 aromatic rings. The van der Waals surface area contributed by atoms with Crippen molar-refractivity contribution in [1.29, 1.82) is 0 Å². The van der Waals surface area contributed by atoms with Crippen LogP contribution in [0.4, 0.5) is 0 Å². The van der Waals surface area contributed by atoms with Crippen LogP contribution < -0.4 is 15.9 Å². The van der Waals surface area contributed by atoms with Crippen LogP contribution in [-0.2, 0) is 4.57 Å². The Morgan fingerprint density at radius 2 is 1.05 bits per heavy atom. The Balaban J connectivity index is 0.00000176. The average molecular weight is 310 g/mol. The first-order valence-corrected chi connectivity index (χ1v) is 8.43. The van der Waals surface area contributed by atoms with Gasteiger partial charge in [-0.1, -0.05) is 80.2 Å². The summed E-state index contributed by atoms with van der Waals surface area (Å²) in [6.07, 6.45) is 0. The van der Waals surface area contributed by atoms with E-state index >= 15 is 0 Å². The maximum atomic E-state index is 13.9. The van der Waals surface area contributed by atoms with Gasteiger partial charge in [0.25, 0.3) is 0 Å². The molecule has 0 amide bonds. The highest BCUT2D eigenvalue weighted by atomic mass is 31.2. The minimum atomic E-state index is -3.06. The molecule has 112 valence electrons. The third-order valence-electron chi connectivity index (χ3n) is 3.46. The number of hydrogen-bond acceptors (Lipinski definition) is 2. The molecule has 0 spiro atoms. The van der Waals surface area contributed by atoms with E-state index in [9.17, 15) is 9.67 Å². The maximum Gasteiger partial charge on any atom is 0.174 e. The molecule has 22 heavy (non-hydrogen) atoms. The Labute approximate surface area is 131 Å². The normalized spacial score (nSPS) is 10.7. The SMILES string of the molecule is C.O=P(c1ccccc1)(c1ccccc1)c1ccccc1O. The minimum absolute atomic E-state index is 0. The monoisotopic (exact) mass is 310 g/mol. The van der Waals surface area contributed by atoms with Gasteiger partial charge in [-0.2, -0.15) is 0 Å². The molecule has 3 rings (SSSR count). The lowest BCUT2D eigenvalue weighted by Gasteiger charge is -2.20. The predicted molar refractivity (Wildman–Crippen MR) is 94.2 cm³/mol. The van der Waals surface area contributed by atoms with Gasteiger partial charge in [0.1, 0.15) is 5.75 Å². The zero-order valence-corrected chi connectivity index (χ0v) is 12.3. The molecule has 0 aromatic heterocycles. The van der Waals surface area contributed by atoms with E-state index in [1.807, 2.05) is 60.7 Å². The van der Waals surface area contributed by atoms with Gasteiger partial charge in [0.15, 0.2) is 7.14 Å². The molecule has 0 fully saturated rings. The summed E-state index contributed by atoms with van der Waals surface area (Å²) in [7, 11) is -3.06. The van der Waals surface area contributed by atoms with Crippen LogP contribution in [-0.4, -0.2) is 5.11 Å². The van der Waals surface area contributed by atoms with Crippen molar-refractivity contribution in [3.63, 3.8) is 0 Å². The van der Waals surface area contributed by atoms with Crippen molar-refractivity contribution in [2.75, 3.05) is 0 Å². The highest BCUT2D eigenvalue weighted by Crippen LogP contribution is 2.44. The van der Waals surface area contributed by atoms with Gasteiger partial charge >= 0.3 is 0 Å². The molecule has 0 aliphatic heterocycles. The van der Waals surface area contributed by atoms with Crippen LogP contribution in [0, 0.1) is 0 Å². The molecule has 0 aliphatic rings. The summed E-state index contributed by atoms with van der Waals surface area (Å²) in [5.74, 6) is 0.0635. The lowest BCUT2D eigenvalue weighted by molar-refractivity contribution is 0.479. The summed E-state index contributed by atoms with van der Waals surface area (Å²) >= 11 is 0. The highest BCUT2D eigenvalue weighted by molar-refractivity contribution is 7.85. The quantitative estimate of drug-likeness (QED) is 0.750. The van der Waals surface area contributed by atoms with Gasteiger partial charge < -0.3 is 9.67 Å². The summed E-state index contributed by atoms with van der Waals surface area (Å²) in [6, 6.07) is 25.5. The second kappa shape index (κ2) is 6.64. The molecule has 0 saturated heterocycles. The van der Waals surface area contributed by atoms with Gasteiger partial charge in [-0.3, -0.25) is 0 Å². The van der Waals surface area contributed by atoms with Crippen LogP contribution in [0.1, 0.15) is 7.43 Å². The van der Waals surface area contributed by atoms with Gasteiger partial charge in [0, 0.05) is 10.6 Å². The van der Waals surface area contributed by atoms with Crippen molar-refractivity contribution in [2.45, 2.75) is 7.43 Å². The molecule has 1 N–H and O–H groups in total. The van der Waals surface area contributed by atoms with E-state index in [0.717, 1.165) is 10.6 Å². The summed E-state index contributed by atoms with van der Waals surface area (Å²) in [6.45, 7) is 0. The Bertz CT molecular complexity index is 739. The van der Waals surface area contributed by atoms with Gasteiger partial charge in [-0.25, -0.2) is 0 Å². The third kappa shape index (κ3) is 2.70. The van der Waals surface area contributed by atoms with Gasteiger partial charge in [0.2, 0.25) is 0 Å². The highest BCUT2D eigenvalue weighted by Gasteiger charge is 2.31. The Kier molecular flexibility index (Phi) is 4.85. The molecule has 0 bridgehead atoms. The van der Waals surface area contributed by atoms with Crippen LogP contribution in [0.25, 0.3) is 0 Å². The molecule has 0 heterocycles. The summed E-state index contributed by atoms with van der Waals surface area (Å²) in [5.41, 5.74) is 0. The molecule has 0 saturated carbocycles. The second-order valence-corrected chi connectivity index (χ2v) is 7.50. The maximum absolute atomic E-state index is 13.9. The van der Waals surface area contributed by atoms with Crippen LogP contribution in [0.2, 0.25) is 0 Å². The summed E-state index contributed by atoms with van der Waals surface area (Å²) in [4.78, 5) is 0. The topological polar surface area (TPSA) is 37.3 Å². The van der Waals surface area contributed by atoms with Gasteiger partial charge in [-0.05, 0) is 12.1 Å². The second-order valence-electron chi connectivity index (χ2n) is 4.77. The summed E-state index contributed by atoms with van der Waals surface area (Å²) < 4.78 is 13.9. The molecule has 3 aromatic carbocycles. The van der Waals surface area contributed by atoms with Gasteiger partial charge in [-0.15, -0.1) is 0 Å². The largest absolute Gasteiger partial charge is 0.507 e. The van der Waals surface area contributed by atoms with Crippen molar-refractivity contribution in [3.05, 3.63) is 84.9 Å². The number of hydrogen-bond donors (Lipinski definition) is 1. The van der Waals surface area contributed by atoms with Crippen LogP contribution in [0.15, 0.2) is 84.9 Å². The predicted octanol–water partition coefficient (Wildman–Crippen LogP) is 3.67. The third-order valence-corrected chi connectivity index (χ3v) is 6.57. The first kappa shape index (κ1) is 16.1. The van der Waals surface area contributed by atoms with E-state index in [-0.39, 0.29) is 13.2 Å². The van der Waals surface area contributed by atoms with Crippen molar-refractivity contribution in [1.82, 2.24) is 0 Å². The molecule has 3 heteroatoms. The van der Waals surface area contributed by atoms with Crippen molar-refractivity contribution in [2.24, 2.45) is 0 Å². The van der Waals surface area contributed by atoms with Crippen LogP contribution >= 0.6 is 7.14 Å². The zero-order valence-electron chi connectivity index (χ0n) is 11.4. The van der Waals surface area contributed by atoms with E-state index in [0.29, 0.717) is 5.30 Å². The number of phenolic OH excluding ortho intramolecular Hbond substituents is 1. The van der Waals surface area contributed by atoms with Crippen LogP contribution in [0.3, 0.4) is 0 Å². The number of rotatable bonds is 3. The van der Waals surface area contributed by atoms with E-state index in [1.165, 1.54) is 0 Å². The molecule has 2 nitrogen and oxygen atoms in total. The zero-order chi connectivity index (χ0) is 14.7. The Morgan fingerprint density at radius 1 is 0.636 bits per heavy atom. The average Bonchev–Trinajstić information content (AvgIpc) is 2.56. The number of phenols is 1. The van der Waals surface area contributed by atoms with Crippen molar-refractivity contribution < 1.29 is 9.67 Å². The molecular weight excluding hydrogens is 291 g/mol. The Morgan fingerprint density at radius 3 is 1.50 bits per heavy atom. The summed E-state index contributed by atoms with van der Waals surface area (Å²) in [5, 5.41) is 12.1. The first-order valence-electron chi connectivity index (χ1n) is 6.73. The minimum Gasteiger partial charge on any atom is -0.507 e. The Hall–Kier alpha value is -2.31. The number of aromatic hydroxyl groups is 1. The fraction of sp³-hybridized carbons (Fsp3) is 0.0526. The standard InChI is InChI=1S/C18H15O2P.CH4/c19-17-13-7-8-14-18(17)21(20,15-9-3-1-4-10-15)16-11-5-2-6-12-16;/h1-14,19H;1H4. The lowest BCUT2D eigenvalue weighted by atomic mass is 10.3. The van der Waals surface area contributed by atoms with Gasteiger partial charge in [0.05, 0.1) is 5.30 Å². The van der Waals surface area contributed by atoms with E-state index < -0.39 is 7.14 Å². The smallest absolute Gasteiger partial charge is 0.174 e. The fourth-order valence-electron chi connectivity index (χ4n) is 2.43.